The van der Waals surface area contributed by atoms with Crippen LogP contribution in [0.2, 0.25) is 0 Å². The third kappa shape index (κ3) is 8.47. The highest BCUT2D eigenvalue weighted by molar-refractivity contribution is 5.00. The standard InChI is InChI=1S/C14H26O/c1-4-7-8-9-10-11-13(5-2)12-14(15)6-3/h14-15H,2,4,6-12H2,1,3H3. The largest absolute Gasteiger partial charge is 0.393 e. The summed E-state index contributed by atoms with van der Waals surface area (Å²) in [5, 5.41) is 9.51. The van der Waals surface area contributed by atoms with E-state index in [0.29, 0.717) is 0 Å². The van der Waals surface area contributed by atoms with E-state index >= 15 is 0 Å². The van der Waals surface area contributed by atoms with Crippen molar-refractivity contribution in [3.8, 4) is 0 Å². The maximum Gasteiger partial charge on any atom is 0.0580 e. The Bertz CT molecular complexity index is 190. The molecule has 0 aromatic heterocycles. The van der Waals surface area contributed by atoms with Crippen molar-refractivity contribution in [1.82, 2.24) is 0 Å². The summed E-state index contributed by atoms with van der Waals surface area (Å²) in [6.45, 7) is 7.93. The van der Waals surface area contributed by atoms with Crippen molar-refractivity contribution in [2.75, 3.05) is 0 Å². The molecule has 0 aliphatic rings. The van der Waals surface area contributed by atoms with Gasteiger partial charge in [-0.05, 0) is 24.8 Å². The summed E-state index contributed by atoms with van der Waals surface area (Å²) >= 11 is 0. The van der Waals surface area contributed by atoms with Gasteiger partial charge in [-0.1, -0.05) is 46.1 Å². The Hall–Kier alpha value is -0.520. The van der Waals surface area contributed by atoms with E-state index in [1.165, 1.54) is 37.7 Å². The molecule has 1 heteroatoms. The van der Waals surface area contributed by atoms with Crippen LogP contribution in [0.3, 0.4) is 0 Å². The number of hydrogen-bond donors (Lipinski definition) is 1. The molecule has 0 heterocycles. The van der Waals surface area contributed by atoms with Crippen LogP contribution >= 0.6 is 0 Å². The zero-order valence-electron chi connectivity index (χ0n) is 10.4. The normalized spacial score (nSPS) is 12.2. The predicted octanol–water partition coefficient (Wildman–Crippen LogP) is 4.22. The van der Waals surface area contributed by atoms with E-state index in [4.69, 9.17) is 0 Å². The molecule has 0 saturated heterocycles. The fourth-order valence-corrected chi connectivity index (χ4v) is 1.63. The van der Waals surface area contributed by atoms with Crippen molar-refractivity contribution in [1.29, 1.82) is 0 Å². The molecular formula is C14H26O. The Morgan fingerprint density at radius 1 is 1.20 bits per heavy atom. The van der Waals surface area contributed by atoms with Gasteiger partial charge in [-0.15, -0.1) is 5.73 Å². The molecule has 0 saturated carbocycles. The Labute approximate surface area is 94.9 Å². The summed E-state index contributed by atoms with van der Waals surface area (Å²) in [5.41, 5.74) is 4.16. The van der Waals surface area contributed by atoms with E-state index in [2.05, 4.69) is 19.2 Å². The SMILES string of the molecule is C=C=C(CCCCCCC)CC(O)CC. The molecule has 0 spiro atoms. The second-order valence-corrected chi connectivity index (χ2v) is 4.21. The maximum absolute atomic E-state index is 9.51. The van der Waals surface area contributed by atoms with Gasteiger partial charge in [-0.2, -0.15) is 0 Å². The number of unbranched alkanes of at least 4 members (excludes halogenated alkanes) is 4. The molecular weight excluding hydrogens is 184 g/mol. The molecule has 88 valence electrons. The number of aliphatic hydroxyl groups excluding tert-OH is 1. The van der Waals surface area contributed by atoms with Gasteiger partial charge in [-0.25, -0.2) is 0 Å². The molecule has 0 radical (unpaired) electrons. The summed E-state index contributed by atoms with van der Waals surface area (Å²) in [5.74, 6) is 0. The molecule has 1 atom stereocenters. The summed E-state index contributed by atoms with van der Waals surface area (Å²) in [4.78, 5) is 0. The highest BCUT2D eigenvalue weighted by atomic mass is 16.3. The van der Waals surface area contributed by atoms with Gasteiger partial charge in [0.2, 0.25) is 0 Å². The minimum absolute atomic E-state index is 0.204. The first kappa shape index (κ1) is 14.5. The van der Waals surface area contributed by atoms with Gasteiger partial charge in [0.1, 0.15) is 0 Å². The summed E-state index contributed by atoms with van der Waals surface area (Å²) in [7, 11) is 0. The fraction of sp³-hybridized carbons (Fsp3) is 0.786. The Morgan fingerprint density at radius 2 is 1.87 bits per heavy atom. The molecule has 0 aromatic carbocycles. The summed E-state index contributed by atoms with van der Waals surface area (Å²) in [6, 6.07) is 0. The van der Waals surface area contributed by atoms with Crippen molar-refractivity contribution in [3.05, 3.63) is 17.9 Å². The van der Waals surface area contributed by atoms with E-state index in [0.717, 1.165) is 19.3 Å². The lowest BCUT2D eigenvalue weighted by Crippen LogP contribution is -2.05. The highest BCUT2D eigenvalue weighted by Crippen LogP contribution is 2.15. The lowest BCUT2D eigenvalue weighted by atomic mass is 10.0. The quantitative estimate of drug-likeness (QED) is 0.446. The third-order valence-corrected chi connectivity index (χ3v) is 2.79. The lowest BCUT2D eigenvalue weighted by molar-refractivity contribution is 0.169. The highest BCUT2D eigenvalue weighted by Gasteiger charge is 2.04. The number of aliphatic hydroxyl groups is 1. The monoisotopic (exact) mass is 210 g/mol. The van der Waals surface area contributed by atoms with E-state index in [1.807, 2.05) is 6.92 Å². The zero-order valence-corrected chi connectivity index (χ0v) is 10.4. The van der Waals surface area contributed by atoms with Crippen LogP contribution in [0.1, 0.15) is 65.2 Å². The van der Waals surface area contributed by atoms with E-state index < -0.39 is 0 Å². The molecule has 0 aliphatic heterocycles. The molecule has 15 heavy (non-hydrogen) atoms. The van der Waals surface area contributed by atoms with Gasteiger partial charge in [0.05, 0.1) is 6.10 Å². The van der Waals surface area contributed by atoms with Gasteiger partial charge in [0.25, 0.3) is 0 Å². The average molecular weight is 210 g/mol. The van der Waals surface area contributed by atoms with Gasteiger partial charge in [0.15, 0.2) is 0 Å². The molecule has 1 unspecified atom stereocenters. The molecule has 1 nitrogen and oxygen atoms in total. The van der Waals surface area contributed by atoms with Gasteiger partial charge < -0.3 is 5.11 Å². The van der Waals surface area contributed by atoms with Crippen molar-refractivity contribution in [3.63, 3.8) is 0 Å². The molecule has 0 aromatic rings. The lowest BCUT2D eigenvalue weighted by Gasteiger charge is -2.09. The smallest absolute Gasteiger partial charge is 0.0580 e. The van der Waals surface area contributed by atoms with Crippen LogP contribution in [0.15, 0.2) is 17.9 Å². The van der Waals surface area contributed by atoms with Gasteiger partial charge in [0, 0.05) is 6.42 Å². The Morgan fingerprint density at radius 3 is 2.40 bits per heavy atom. The molecule has 0 bridgehead atoms. The topological polar surface area (TPSA) is 20.2 Å². The summed E-state index contributed by atoms with van der Waals surface area (Å²) < 4.78 is 0. The second-order valence-electron chi connectivity index (χ2n) is 4.21. The van der Waals surface area contributed by atoms with Crippen LogP contribution in [0.5, 0.6) is 0 Å². The average Bonchev–Trinajstić information content (AvgIpc) is 2.26. The van der Waals surface area contributed by atoms with Gasteiger partial charge >= 0.3 is 0 Å². The third-order valence-electron chi connectivity index (χ3n) is 2.79. The van der Waals surface area contributed by atoms with Crippen molar-refractivity contribution >= 4 is 0 Å². The van der Waals surface area contributed by atoms with Crippen LogP contribution < -0.4 is 0 Å². The first-order valence-electron chi connectivity index (χ1n) is 6.30. The molecule has 0 fully saturated rings. The molecule has 1 N–H and O–H groups in total. The second kappa shape index (κ2) is 10.0. The first-order valence-corrected chi connectivity index (χ1v) is 6.30. The molecule has 0 rings (SSSR count). The van der Waals surface area contributed by atoms with Crippen LogP contribution in [-0.4, -0.2) is 11.2 Å². The number of hydrogen-bond acceptors (Lipinski definition) is 1. The first-order chi connectivity index (χ1) is 7.24. The minimum atomic E-state index is -0.204. The molecule has 0 amide bonds. The minimum Gasteiger partial charge on any atom is -0.393 e. The van der Waals surface area contributed by atoms with Crippen LogP contribution in [0.25, 0.3) is 0 Å². The molecule has 0 aliphatic carbocycles. The van der Waals surface area contributed by atoms with Crippen LogP contribution in [0.4, 0.5) is 0 Å². The van der Waals surface area contributed by atoms with E-state index in [-0.39, 0.29) is 6.10 Å². The Kier molecular flexibility index (Phi) is 9.67. The van der Waals surface area contributed by atoms with Crippen molar-refractivity contribution < 1.29 is 5.11 Å². The Balaban J connectivity index is 3.59. The summed E-state index contributed by atoms with van der Waals surface area (Å²) in [6.07, 6.45) is 8.90. The zero-order chi connectivity index (χ0) is 11.5. The van der Waals surface area contributed by atoms with Gasteiger partial charge in [-0.3, -0.25) is 0 Å². The predicted molar refractivity (Wildman–Crippen MR) is 66.9 cm³/mol. The van der Waals surface area contributed by atoms with Crippen LogP contribution in [0, 0.1) is 0 Å². The fourth-order valence-electron chi connectivity index (χ4n) is 1.63. The number of rotatable bonds is 9. The van der Waals surface area contributed by atoms with Crippen molar-refractivity contribution in [2.24, 2.45) is 0 Å². The van der Waals surface area contributed by atoms with Crippen LogP contribution in [-0.2, 0) is 0 Å². The maximum atomic E-state index is 9.51. The van der Waals surface area contributed by atoms with Crippen molar-refractivity contribution in [2.45, 2.75) is 71.3 Å². The van der Waals surface area contributed by atoms with E-state index in [1.54, 1.807) is 0 Å². The van der Waals surface area contributed by atoms with E-state index in [9.17, 15) is 5.11 Å².